The first-order valence-electron chi connectivity index (χ1n) is 5.88. The number of aromatic nitrogens is 1. The first kappa shape index (κ1) is 14.6. The molecule has 0 amide bonds. The highest BCUT2D eigenvalue weighted by Gasteiger charge is 2.30. The maximum absolute atomic E-state index is 12.8. The van der Waals surface area contributed by atoms with Crippen LogP contribution in [0, 0.1) is 0 Å². The number of hydrogen-bond donors (Lipinski definition) is 0. The van der Waals surface area contributed by atoms with Crippen molar-refractivity contribution >= 4 is 17.7 Å². The highest BCUT2D eigenvalue weighted by molar-refractivity contribution is 6.31. The van der Waals surface area contributed by atoms with E-state index in [0.717, 1.165) is 12.1 Å². The zero-order valence-corrected chi connectivity index (χ0v) is 11.3. The van der Waals surface area contributed by atoms with Gasteiger partial charge in [-0.05, 0) is 36.2 Å². The van der Waals surface area contributed by atoms with Gasteiger partial charge in [0, 0.05) is 11.8 Å². The van der Waals surface area contributed by atoms with Gasteiger partial charge in [0.05, 0.1) is 5.56 Å². The molecular weight excluding hydrogens is 287 g/mol. The van der Waals surface area contributed by atoms with Gasteiger partial charge in [-0.2, -0.15) is 13.2 Å². The van der Waals surface area contributed by atoms with Crippen LogP contribution >= 0.6 is 11.6 Å². The van der Waals surface area contributed by atoms with E-state index in [1.807, 2.05) is 0 Å². The summed E-state index contributed by atoms with van der Waals surface area (Å²) in [6, 6.07) is 6.80. The maximum Gasteiger partial charge on any atom is 0.416 e. The SMILES string of the molecule is C/C=C/c1c(-c2cccc(C(F)(F)F)c2)ccnc1Cl. The van der Waals surface area contributed by atoms with Crippen molar-refractivity contribution in [2.24, 2.45) is 0 Å². The Hall–Kier alpha value is -1.81. The standard InChI is InChI=1S/C15H11ClF3N/c1-2-4-13-12(7-8-20-14(13)16)10-5-3-6-11(9-10)15(17,18)19/h2-9H,1H3/b4-2+. The van der Waals surface area contributed by atoms with Crippen LogP contribution in [0.5, 0.6) is 0 Å². The summed E-state index contributed by atoms with van der Waals surface area (Å²) in [6.45, 7) is 1.80. The minimum atomic E-state index is -4.37. The Morgan fingerprint density at radius 1 is 1.20 bits per heavy atom. The highest BCUT2D eigenvalue weighted by atomic mass is 35.5. The highest BCUT2D eigenvalue weighted by Crippen LogP contribution is 2.34. The Kier molecular flexibility index (Phi) is 4.14. The summed E-state index contributed by atoms with van der Waals surface area (Å²) in [5.41, 5.74) is 0.997. The molecule has 5 heteroatoms. The van der Waals surface area contributed by atoms with Crippen molar-refractivity contribution in [3.63, 3.8) is 0 Å². The van der Waals surface area contributed by atoms with Gasteiger partial charge >= 0.3 is 6.18 Å². The molecule has 1 aromatic carbocycles. The van der Waals surface area contributed by atoms with Crippen LogP contribution in [-0.4, -0.2) is 4.98 Å². The Morgan fingerprint density at radius 2 is 1.95 bits per heavy atom. The van der Waals surface area contributed by atoms with Crippen LogP contribution in [0.25, 0.3) is 17.2 Å². The summed E-state index contributed by atoms with van der Waals surface area (Å²) < 4.78 is 38.3. The van der Waals surface area contributed by atoms with Gasteiger partial charge in [-0.3, -0.25) is 0 Å². The number of allylic oxidation sites excluding steroid dienone is 1. The van der Waals surface area contributed by atoms with Crippen LogP contribution in [-0.2, 0) is 6.18 Å². The van der Waals surface area contributed by atoms with Crippen LogP contribution < -0.4 is 0 Å². The van der Waals surface area contributed by atoms with Crippen molar-refractivity contribution in [3.05, 3.63) is 58.9 Å². The normalized spacial score (nSPS) is 12.1. The monoisotopic (exact) mass is 297 g/mol. The van der Waals surface area contributed by atoms with Gasteiger partial charge in [0.1, 0.15) is 5.15 Å². The van der Waals surface area contributed by atoms with E-state index in [9.17, 15) is 13.2 Å². The van der Waals surface area contributed by atoms with Crippen LogP contribution in [0.15, 0.2) is 42.6 Å². The molecule has 0 atom stereocenters. The molecule has 2 rings (SSSR count). The van der Waals surface area contributed by atoms with E-state index in [1.165, 1.54) is 12.3 Å². The van der Waals surface area contributed by atoms with Crippen LogP contribution in [0.4, 0.5) is 13.2 Å². The predicted molar refractivity (Wildman–Crippen MR) is 74.4 cm³/mol. The van der Waals surface area contributed by atoms with E-state index < -0.39 is 11.7 Å². The van der Waals surface area contributed by atoms with E-state index >= 15 is 0 Å². The largest absolute Gasteiger partial charge is 0.416 e. The van der Waals surface area contributed by atoms with Gasteiger partial charge in [0.2, 0.25) is 0 Å². The fraction of sp³-hybridized carbons (Fsp3) is 0.133. The second kappa shape index (κ2) is 5.67. The van der Waals surface area contributed by atoms with Crippen LogP contribution in [0.2, 0.25) is 5.15 Å². The smallest absolute Gasteiger partial charge is 0.244 e. The van der Waals surface area contributed by atoms with Gasteiger partial charge in [0.25, 0.3) is 0 Å². The summed E-state index contributed by atoms with van der Waals surface area (Å²) in [4.78, 5) is 3.95. The Balaban J connectivity index is 2.60. The lowest BCUT2D eigenvalue weighted by molar-refractivity contribution is -0.137. The van der Waals surface area contributed by atoms with Crippen molar-refractivity contribution in [1.29, 1.82) is 0 Å². The van der Waals surface area contributed by atoms with Crippen molar-refractivity contribution in [2.45, 2.75) is 13.1 Å². The Bertz CT molecular complexity index is 648. The molecule has 0 unspecified atom stereocenters. The lowest BCUT2D eigenvalue weighted by Crippen LogP contribution is -2.04. The Morgan fingerprint density at radius 3 is 2.60 bits per heavy atom. The number of nitrogens with zero attached hydrogens (tertiary/aromatic N) is 1. The Labute approximate surface area is 119 Å². The maximum atomic E-state index is 12.8. The number of hydrogen-bond acceptors (Lipinski definition) is 1. The molecule has 1 nitrogen and oxygen atoms in total. The minimum absolute atomic E-state index is 0.262. The molecular formula is C15H11ClF3N. The van der Waals surface area contributed by atoms with Crippen molar-refractivity contribution in [3.8, 4) is 11.1 Å². The second-order valence-corrected chi connectivity index (χ2v) is 4.50. The molecule has 0 saturated heterocycles. The minimum Gasteiger partial charge on any atom is -0.244 e. The number of benzene rings is 1. The predicted octanol–water partition coefficient (Wildman–Crippen LogP) is 5.45. The topological polar surface area (TPSA) is 12.9 Å². The van der Waals surface area contributed by atoms with E-state index in [-0.39, 0.29) is 5.15 Å². The van der Waals surface area contributed by atoms with Gasteiger partial charge in [-0.25, -0.2) is 4.98 Å². The first-order valence-corrected chi connectivity index (χ1v) is 6.26. The van der Waals surface area contributed by atoms with E-state index in [0.29, 0.717) is 16.7 Å². The van der Waals surface area contributed by atoms with Gasteiger partial charge in [0.15, 0.2) is 0 Å². The first-order chi connectivity index (χ1) is 9.43. The van der Waals surface area contributed by atoms with Crippen molar-refractivity contribution in [1.82, 2.24) is 4.98 Å². The molecule has 20 heavy (non-hydrogen) atoms. The van der Waals surface area contributed by atoms with E-state index in [1.54, 1.807) is 31.2 Å². The number of pyridine rings is 1. The molecule has 1 heterocycles. The van der Waals surface area contributed by atoms with Gasteiger partial charge in [-0.1, -0.05) is 35.9 Å². The summed E-state index contributed by atoms with van der Waals surface area (Å²) in [6.07, 6.45) is 0.601. The molecule has 0 aliphatic heterocycles. The van der Waals surface area contributed by atoms with Crippen LogP contribution in [0.1, 0.15) is 18.1 Å². The summed E-state index contributed by atoms with van der Waals surface area (Å²) >= 11 is 6.00. The summed E-state index contributed by atoms with van der Waals surface area (Å²) in [7, 11) is 0. The molecule has 104 valence electrons. The molecule has 0 fully saturated rings. The zero-order valence-electron chi connectivity index (χ0n) is 10.6. The van der Waals surface area contributed by atoms with Crippen molar-refractivity contribution in [2.75, 3.05) is 0 Å². The van der Waals surface area contributed by atoms with E-state index in [4.69, 9.17) is 11.6 Å². The van der Waals surface area contributed by atoms with Gasteiger partial charge in [-0.15, -0.1) is 0 Å². The second-order valence-electron chi connectivity index (χ2n) is 4.14. The molecule has 0 bridgehead atoms. The molecule has 0 N–H and O–H groups in total. The molecule has 0 spiro atoms. The van der Waals surface area contributed by atoms with Crippen LogP contribution in [0.3, 0.4) is 0 Å². The fourth-order valence-electron chi connectivity index (χ4n) is 1.89. The van der Waals surface area contributed by atoms with E-state index in [2.05, 4.69) is 4.98 Å². The summed E-state index contributed by atoms with van der Waals surface area (Å²) in [5, 5.41) is 0.262. The lowest BCUT2D eigenvalue weighted by atomic mass is 9.99. The molecule has 0 saturated carbocycles. The quantitative estimate of drug-likeness (QED) is 0.671. The molecule has 0 aliphatic carbocycles. The third-order valence-electron chi connectivity index (χ3n) is 2.78. The zero-order chi connectivity index (χ0) is 14.8. The fourth-order valence-corrected chi connectivity index (χ4v) is 2.11. The third-order valence-corrected chi connectivity index (χ3v) is 3.08. The lowest BCUT2D eigenvalue weighted by Gasteiger charge is -2.11. The molecule has 1 aromatic heterocycles. The summed E-state index contributed by atoms with van der Waals surface area (Å²) in [5.74, 6) is 0. The number of halogens is 4. The third kappa shape index (κ3) is 3.02. The molecule has 0 radical (unpaired) electrons. The molecule has 0 aliphatic rings. The average molecular weight is 298 g/mol. The average Bonchev–Trinajstić information content (AvgIpc) is 2.40. The van der Waals surface area contributed by atoms with Gasteiger partial charge < -0.3 is 0 Å². The number of rotatable bonds is 2. The molecule has 2 aromatic rings. The van der Waals surface area contributed by atoms with Crippen molar-refractivity contribution < 1.29 is 13.2 Å². The number of alkyl halides is 3.